The number of nitrogens with one attached hydrogen (secondary N) is 1. The van der Waals surface area contributed by atoms with Gasteiger partial charge in [0.1, 0.15) is 12.7 Å². The molecule has 0 spiro atoms. The Hall–Kier alpha value is -1.99. The van der Waals surface area contributed by atoms with Crippen LogP contribution in [0, 0.1) is 0 Å². The molecule has 122 valence electrons. The van der Waals surface area contributed by atoms with Gasteiger partial charge in [-0.1, -0.05) is 6.07 Å². The largest absolute Gasteiger partial charge is 0.402 e. The second-order valence-corrected chi connectivity index (χ2v) is 7.14. The fourth-order valence-electron chi connectivity index (χ4n) is 2.44. The number of nitrogens with zero attached hydrogens (tertiary/aromatic N) is 4. The molecular formula is C14H18N5O3P. The Morgan fingerprint density at radius 3 is 2.91 bits per heavy atom. The molecule has 0 aliphatic heterocycles. The van der Waals surface area contributed by atoms with E-state index in [9.17, 15) is 4.57 Å². The van der Waals surface area contributed by atoms with Crippen LogP contribution in [0.2, 0.25) is 0 Å². The van der Waals surface area contributed by atoms with Gasteiger partial charge in [0, 0.05) is 23.6 Å². The van der Waals surface area contributed by atoms with E-state index < -0.39 is 7.75 Å². The van der Waals surface area contributed by atoms with Gasteiger partial charge in [-0.2, -0.15) is 5.10 Å². The molecular weight excluding hydrogens is 317 g/mol. The molecule has 23 heavy (non-hydrogen) atoms. The minimum Gasteiger partial charge on any atom is -0.361 e. The van der Waals surface area contributed by atoms with Crippen LogP contribution in [0.25, 0.3) is 10.9 Å². The zero-order valence-corrected chi connectivity index (χ0v) is 13.5. The van der Waals surface area contributed by atoms with Gasteiger partial charge < -0.3 is 14.8 Å². The number of H-pyrrole nitrogens is 1. The number of benzene rings is 1. The van der Waals surface area contributed by atoms with Gasteiger partial charge in [0.05, 0.1) is 6.54 Å². The van der Waals surface area contributed by atoms with E-state index >= 15 is 0 Å². The van der Waals surface area contributed by atoms with Gasteiger partial charge in [0.15, 0.2) is 0 Å². The lowest BCUT2D eigenvalue weighted by atomic mass is 10.1. The highest BCUT2D eigenvalue weighted by Gasteiger charge is 2.20. The summed E-state index contributed by atoms with van der Waals surface area (Å²) in [5.74, 6) is 0. The molecule has 0 radical (unpaired) electrons. The standard InChI is InChI=1S/C14H18N5O3P/c1-18(23(20,21)22)5-4-12-7-16-14-3-2-11(6-13(12)14)8-19-10-15-9-17-19/h2-3,6-7,9-10,16H,4-5,8H2,1H3,(H2,20,21,22). The molecule has 0 saturated heterocycles. The van der Waals surface area contributed by atoms with Crippen LogP contribution in [0.15, 0.2) is 37.1 Å². The highest BCUT2D eigenvalue weighted by molar-refractivity contribution is 7.49. The van der Waals surface area contributed by atoms with Gasteiger partial charge in [0.25, 0.3) is 0 Å². The summed E-state index contributed by atoms with van der Waals surface area (Å²) in [7, 11) is -2.76. The van der Waals surface area contributed by atoms with E-state index in [1.54, 1.807) is 11.0 Å². The van der Waals surface area contributed by atoms with E-state index in [-0.39, 0.29) is 6.54 Å². The first-order valence-electron chi connectivity index (χ1n) is 7.12. The summed E-state index contributed by atoms with van der Waals surface area (Å²) in [5, 5.41) is 5.15. The number of likely N-dealkylation sites (N-methyl/N-ethyl adjacent to an activating group) is 1. The van der Waals surface area contributed by atoms with Crippen LogP contribution in [-0.2, 0) is 17.5 Å². The molecule has 0 atom stereocenters. The van der Waals surface area contributed by atoms with Gasteiger partial charge in [-0.15, -0.1) is 0 Å². The highest BCUT2D eigenvalue weighted by atomic mass is 31.2. The lowest BCUT2D eigenvalue weighted by Crippen LogP contribution is -2.17. The average Bonchev–Trinajstić information content (AvgIpc) is 3.13. The third-order valence-electron chi connectivity index (χ3n) is 3.79. The molecule has 0 bridgehead atoms. The van der Waals surface area contributed by atoms with Gasteiger partial charge in [-0.05, 0) is 36.7 Å². The van der Waals surface area contributed by atoms with Crippen LogP contribution in [0.3, 0.4) is 0 Å². The van der Waals surface area contributed by atoms with E-state index in [0.29, 0.717) is 13.0 Å². The van der Waals surface area contributed by atoms with Crippen LogP contribution in [0.4, 0.5) is 0 Å². The molecule has 3 N–H and O–H groups in total. The highest BCUT2D eigenvalue weighted by Crippen LogP contribution is 2.38. The fourth-order valence-corrected chi connectivity index (χ4v) is 2.81. The smallest absolute Gasteiger partial charge is 0.361 e. The maximum absolute atomic E-state index is 11.2. The first-order valence-corrected chi connectivity index (χ1v) is 8.68. The number of aromatic amines is 1. The number of fused-ring (bicyclic) bond motifs is 1. The summed E-state index contributed by atoms with van der Waals surface area (Å²) in [6.45, 7) is 0.910. The number of hydrogen-bond donors (Lipinski definition) is 3. The normalized spacial score (nSPS) is 12.3. The summed E-state index contributed by atoms with van der Waals surface area (Å²) >= 11 is 0. The van der Waals surface area contributed by atoms with Crippen molar-refractivity contribution in [2.45, 2.75) is 13.0 Å². The lowest BCUT2D eigenvalue weighted by Gasteiger charge is -2.17. The van der Waals surface area contributed by atoms with Crippen LogP contribution in [0.5, 0.6) is 0 Å². The number of aromatic nitrogens is 4. The third-order valence-corrected chi connectivity index (χ3v) is 4.88. The van der Waals surface area contributed by atoms with Crippen LogP contribution in [0.1, 0.15) is 11.1 Å². The predicted molar refractivity (Wildman–Crippen MR) is 85.8 cm³/mol. The Bertz CT molecular complexity index is 839. The second-order valence-electron chi connectivity index (χ2n) is 5.43. The monoisotopic (exact) mass is 335 g/mol. The molecule has 1 aromatic carbocycles. The summed E-state index contributed by atoms with van der Waals surface area (Å²) < 4.78 is 14.0. The number of rotatable bonds is 6. The van der Waals surface area contributed by atoms with Crippen molar-refractivity contribution < 1.29 is 14.4 Å². The maximum atomic E-state index is 11.2. The van der Waals surface area contributed by atoms with E-state index in [1.165, 1.54) is 13.4 Å². The van der Waals surface area contributed by atoms with Crippen molar-refractivity contribution in [3.63, 3.8) is 0 Å². The quantitative estimate of drug-likeness (QED) is 0.587. The van der Waals surface area contributed by atoms with Gasteiger partial charge >= 0.3 is 7.75 Å². The van der Waals surface area contributed by atoms with E-state index in [2.05, 4.69) is 21.1 Å². The van der Waals surface area contributed by atoms with Gasteiger partial charge in [-0.3, -0.25) is 0 Å². The minimum absolute atomic E-state index is 0.282. The molecule has 2 heterocycles. The molecule has 8 nitrogen and oxygen atoms in total. The summed E-state index contributed by atoms with van der Waals surface area (Å²) in [5.41, 5.74) is 3.12. The van der Waals surface area contributed by atoms with Crippen LogP contribution < -0.4 is 0 Å². The van der Waals surface area contributed by atoms with Crippen molar-refractivity contribution in [2.24, 2.45) is 0 Å². The second kappa shape index (κ2) is 6.25. The molecule has 0 aliphatic carbocycles. The van der Waals surface area contributed by atoms with E-state index in [4.69, 9.17) is 9.79 Å². The summed E-state index contributed by atoms with van der Waals surface area (Å²) in [6, 6.07) is 6.09. The molecule has 3 aromatic rings. The van der Waals surface area contributed by atoms with Crippen molar-refractivity contribution in [1.29, 1.82) is 0 Å². The summed E-state index contributed by atoms with van der Waals surface area (Å²) in [6.07, 6.45) is 5.60. The molecule has 9 heteroatoms. The predicted octanol–water partition coefficient (Wildman–Crippen LogP) is 1.37. The Kier molecular flexibility index (Phi) is 4.32. The van der Waals surface area contributed by atoms with E-state index in [1.807, 2.05) is 18.3 Å². The zero-order chi connectivity index (χ0) is 16.4. The first kappa shape index (κ1) is 15.9. The Morgan fingerprint density at radius 1 is 1.39 bits per heavy atom. The minimum atomic E-state index is -4.18. The van der Waals surface area contributed by atoms with E-state index in [0.717, 1.165) is 26.7 Å². The van der Waals surface area contributed by atoms with Crippen LogP contribution >= 0.6 is 7.75 Å². The third kappa shape index (κ3) is 3.68. The van der Waals surface area contributed by atoms with Crippen molar-refractivity contribution in [3.05, 3.63) is 48.2 Å². The molecule has 0 amide bonds. The Labute approximate surface area is 133 Å². The molecule has 0 aliphatic rings. The topological polar surface area (TPSA) is 107 Å². The molecule has 3 rings (SSSR count). The molecule has 0 fully saturated rings. The van der Waals surface area contributed by atoms with Gasteiger partial charge in [-0.25, -0.2) is 18.9 Å². The average molecular weight is 335 g/mol. The van der Waals surface area contributed by atoms with Crippen molar-refractivity contribution in [3.8, 4) is 0 Å². The SMILES string of the molecule is CN(CCc1c[nH]c2ccc(Cn3cncn3)cc12)P(=O)(O)O. The van der Waals surface area contributed by atoms with Crippen molar-refractivity contribution >= 4 is 18.6 Å². The Morgan fingerprint density at radius 2 is 2.22 bits per heavy atom. The molecule has 0 unspecified atom stereocenters. The van der Waals surface area contributed by atoms with Crippen molar-refractivity contribution in [2.75, 3.05) is 13.6 Å². The summed E-state index contributed by atoms with van der Waals surface area (Å²) in [4.78, 5) is 25.4. The molecule has 0 saturated carbocycles. The van der Waals surface area contributed by atoms with Crippen molar-refractivity contribution in [1.82, 2.24) is 24.4 Å². The van der Waals surface area contributed by atoms with Gasteiger partial charge in [0.2, 0.25) is 0 Å². The zero-order valence-electron chi connectivity index (χ0n) is 12.6. The molecule has 2 aromatic heterocycles. The fraction of sp³-hybridized carbons (Fsp3) is 0.286. The lowest BCUT2D eigenvalue weighted by molar-refractivity contribution is 0.293. The Balaban J connectivity index is 1.79. The van der Waals surface area contributed by atoms with Crippen LogP contribution in [-0.4, -0.2) is 47.8 Å². The first-order chi connectivity index (χ1) is 10.9. The number of hydrogen-bond acceptors (Lipinski definition) is 3. The maximum Gasteiger partial charge on any atom is 0.402 e.